The van der Waals surface area contributed by atoms with Gasteiger partial charge in [0.05, 0.1) is 36.9 Å². The van der Waals surface area contributed by atoms with Gasteiger partial charge in [-0.1, -0.05) is 6.07 Å². The number of aromatic nitrogens is 3. The van der Waals surface area contributed by atoms with Crippen LogP contribution in [0.1, 0.15) is 36.2 Å². The van der Waals surface area contributed by atoms with Crippen LogP contribution in [0.5, 0.6) is 0 Å². The second-order valence-corrected chi connectivity index (χ2v) is 7.24. The molecule has 0 aromatic carbocycles. The number of aryl methyl sites for hydroxylation is 1. The highest BCUT2D eigenvalue weighted by molar-refractivity contribution is 5.09. The minimum atomic E-state index is 0.0106. The van der Waals surface area contributed by atoms with Crippen LogP contribution in [0.3, 0.4) is 0 Å². The first-order chi connectivity index (χ1) is 12.2. The van der Waals surface area contributed by atoms with Crippen molar-refractivity contribution in [3.05, 3.63) is 47.8 Å². The lowest BCUT2D eigenvalue weighted by molar-refractivity contribution is -0.0470. The number of ether oxygens (including phenoxy) is 2. The van der Waals surface area contributed by atoms with Crippen molar-refractivity contribution in [2.24, 2.45) is 0 Å². The van der Waals surface area contributed by atoms with Crippen molar-refractivity contribution < 1.29 is 9.47 Å². The quantitative estimate of drug-likeness (QED) is 0.904. The lowest BCUT2D eigenvalue weighted by Gasteiger charge is -2.38. The van der Waals surface area contributed by atoms with Crippen molar-refractivity contribution in [3.63, 3.8) is 0 Å². The maximum absolute atomic E-state index is 6.20. The van der Waals surface area contributed by atoms with Crippen molar-refractivity contribution in [1.82, 2.24) is 19.9 Å². The SMILES string of the molecule is Cc1[nH]cnc1CN1CCC2(CC1)C[C@H](OCc1cccnc1)CO2. The summed E-state index contributed by atoms with van der Waals surface area (Å²) in [7, 11) is 0. The summed E-state index contributed by atoms with van der Waals surface area (Å²) in [6, 6.07) is 4.00. The topological polar surface area (TPSA) is 63.3 Å². The van der Waals surface area contributed by atoms with Crippen LogP contribution < -0.4 is 0 Å². The zero-order valence-corrected chi connectivity index (χ0v) is 14.8. The van der Waals surface area contributed by atoms with Crippen LogP contribution in [-0.4, -0.2) is 51.3 Å². The molecule has 1 atom stereocenters. The monoisotopic (exact) mass is 342 g/mol. The number of pyridine rings is 1. The molecule has 2 aliphatic heterocycles. The maximum Gasteiger partial charge on any atom is 0.0925 e. The normalized spacial score (nSPS) is 23.3. The third-order valence-corrected chi connectivity index (χ3v) is 5.46. The fraction of sp³-hybridized carbons (Fsp3) is 0.579. The molecule has 0 saturated carbocycles. The summed E-state index contributed by atoms with van der Waals surface area (Å²) in [5.74, 6) is 0. The molecule has 134 valence electrons. The van der Waals surface area contributed by atoms with Crippen LogP contribution >= 0.6 is 0 Å². The molecule has 6 heteroatoms. The summed E-state index contributed by atoms with van der Waals surface area (Å²) in [6.45, 7) is 6.44. The average molecular weight is 342 g/mol. The number of nitrogens with one attached hydrogen (secondary N) is 1. The average Bonchev–Trinajstić information content (AvgIpc) is 3.23. The van der Waals surface area contributed by atoms with E-state index in [0.717, 1.165) is 50.2 Å². The van der Waals surface area contributed by atoms with Gasteiger partial charge in [-0.2, -0.15) is 0 Å². The zero-order chi connectivity index (χ0) is 17.1. The Morgan fingerprint density at radius 1 is 1.40 bits per heavy atom. The number of rotatable bonds is 5. The van der Waals surface area contributed by atoms with Crippen LogP contribution in [-0.2, 0) is 22.6 Å². The molecule has 1 N–H and O–H groups in total. The second-order valence-electron chi connectivity index (χ2n) is 7.24. The Bertz CT molecular complexity index is 680. The minimum Gasteiger partial charge on any atom is -0.372 e. The first-order valence-corrected chi connectivity index (χ1v) is 9.08. The molecular weight excluding hydrogens is 316 g/mol. The summed E-state index contributed by atoms with van der Waals surface area (Å²) < 4.78 is 12.3. The Labute approximate surface area is 148 Å². The Kier molecular flexibility index (Phi) is 4.83. The maximum atomic E-state index is 6.20. The highest BCUT2D eigenvalue weighted by atomic mass is 16.6. The minimum absolute atomic E-state index is 0.0106. The molecule has 2 aromatic rings. The lowest BCUT2D eigenvalue weighted by Crippen LogP contribution is -2.44. The summed E-state index contributed by atoms with van der Waals surface area (Å²) in [4.78, 5) is 14.2. The summed E-state index contributed by atoms with van der Waals surface area (Å²) in [5, 5.41) is 0. The lowest BCUT2D eigenvalue weighted by atomic mass is 9.88. The predicted molar refractivity (Wildman–Crippen MR) is 93.9 cm³/mol. The van der Waals surface area contributed by atoms with Gasteiger partial charge in [-0.25, -0.2) is 4.98 Å². The van der Waals surface area contributed by atoms with E-state index in [-0.39, 0.29) is 11.7 Å². The Balaban J connectivity index is 1.25. The Morgan fingerprint density at radius 2 is 2.28 bits per heavy atom. The van der Waals surface area contributed by atoms with E-state index in [4.69, 9.17) is 9.47 Å². The van der Waals surface area contributed by atoms with E-state index >= 15 is 0 Å². The molecule has 0 unspecified atom stereocenters. The number of imidazole rings is 1. The molecule has 0 aliphatic carbocycles. The first-order valence-electron chi connectivity index (χ1n) is 9.08. The molecule has 25 heavy (non-hydrogen) atoms. The van der Waals surface area contributed by atoms with Gasteiger partial charge in [0.25, 0.3) is 0 Å². The number of hydrogen-bond acceptors (Lipinski definition) is 5. The fourth-order valence-corrected chi connectivity index (χ4v) is 3.83. The summed E-state index contributed by atoms with van der Waals surface area (Å²) >= 11 is 0. The van der Waals surface area contributed by atoms with Gasteiger partial charge in [0, 0.05) is 44.1 Å². The van der Waals surface area contributed by atoms with Crippen LogP contribution in [0.4, 0.5) is 0 Å². The van der Waals surface area contributed by atoms with Gasteiger partial charge in [-0.3, -0.25) is 9.88 Å². The third-order valence-electron chi connectivity index (χ3n) is 5.46. The van der Waals surface area contributed by atoms with E-state index in [0.29, 0.717) is 13.2 Å². The third kappa shape index (κ3) is 3.92. The number of H-pyrrole nitrogens is 1. The van der Waals surface area contributed by atoms with Crippen LogP contribution in [0.2, 0.25) is 0 Å². The van der Waals surface area contributed by atoms with Gasteiger partial charge in [0.15, 0.2) is 0 Å². The van der Waals surface area contributed by atoms with E-state index in [1.807, 2.05) is 18.3 Å². The summed E-state index contributed by atoms with van der Waals surface area (Å²) in [6.07, 6.45) is 8.77. The van der Waals surface area contributed by atoms with Gasteiger partial charge in [0.2, 0.25) is 0 Å². The molecule has 0 bridgehead atoms. The van der Waals surface area contributed by atoms with E-state index in [1.54, 1.807) is 12.5 Å². The van der Waals surface area contributed by atoms with Gasteiger partial charge < -0.3 is 14.5 Å². The number of piperidine rings is 1. The molecule has 2 aromatic heterocycles. The molecule has 1 spiro atoms. The molecule has 2 aliphatic rings. The van der Waals surface area contributed by atoms with Crippen molar-refractivity contribution in [2.45, 2.75) is 51.0 Å². The van der Waals surface area contributed by atoms with E-state index in [2.05, 4.69) is 26.8 Å². The van der Waals surface area contributed by atoms with Gasteiger partial charge >= 0.3 is 0 Å². The molecule has 4 heterocycles. The van der Waals surface area contributed by atoms with Crippen LogP contribution in [0, 0.1) is 6.92 Å². The van der Waals surface area contributed by atoms with E-state index < -0.39 is 0 Å². The second kappa shape index (κ2) is 7.23. The highest BCUT2D eigenvalue weighted by Gasteiger charge is 2.43. The van der Waals surface area contributed by atoms with Crippen molar-refractivity contribution >= 4 is 0 Å². The molecule has 0 amide bonds. The molecule has 6 nitrogen and oxygen atoms in total. The number of likely N-dealkylation sites (tertiary alicyclic amines) is 1. The largest absolute Gasteiger partial charge is 0.372 e. The Morgan fingerprint density at radius 3 is 3.00 bits per heavy atom. The summed E-state index contributed by atoms with van der Waals surface area (Å²) in [5.41, 5.74) is 3.45. The van der Waals surface area contributed by atoms with Crippen LogP contribution in [0.15, 0.2) is 30.9 Å². The van der Waals surface area contributed by atoms with Crippen molar-refractivity contribution in [2.75, 3.05) is 19.7 Å². The fourth-order valence-electron chi connectivity index (χ4n) is 3.83. The van der Waals surface area contributed by atoms with Crippen LogP contribution in [0.25, 0.3) is 0 Å². The highest BCUT2D eigenvalue weighted by Crippen LogP contribution is 2.37. The van der Waals surface area contributed by atoms with E-state index in [9.17, 15) is 0 Å². The van der Waals surface area contributed by atoms with E-state index in [1.165, 1.54) is 5.69 Å². The smallest absolute Gasteiger partial charge is 0.0925 e. The van der Waals surface area contributed by atoms with Crippen molar-refractivity contribution in [1.29, 1.82) is 0 Å². The molecular formula is C19H26N4O2. The zero-order valence-electron chi connectivity index (χ0n) is 14.8. The Hall–Kier alpha value is -1.76. The standard InChI is InChI=1S/C19H26N4O2/c1-15-18(22-14-21-15)11-23-7-4-19(5-8-23)9-17(13-25-19)24-12-16-3-2-6-20-10-16/h2-3,6,10,14,17H,4-5,7-9,11-13H2,1H3,(H,21,22)/t17-/m0/s1. The molecule has 2 saturated heterocycles. The van der Waals surface area contributed by atoms with Gasteiger partial charge in [-0.15, -0.1) is 0 Å². The number of aromatic amines is 1. The molecule has 0 radical (unpaired) electrons. The first kappa shape index (κ1) is 16.7. The predicted octanol–water partition coefficient (Wildman–Crippen LogP) is 2.45. The van der Waals surface area contributed by atoms with Gasteiger partial charge in [-0.05, 0) is 31.4 Å². The molecule has 2 fully saturated rings. The van der Waals surface area contributed by atoms with Gasteiger partial charge in [0.1, 0.15) is 0 Å². The number of hydrogen-bond donors (Lipinski definition) is 1. The number of nitrogens with zero attached hydrogens (tertiary/aromatic N) is 3. The molecule has 4 rings (SSSR count). The van der Waals surface area contributed by atoms with Crippen molar-refractivity contribution in [3.8, 4) is 0 Å².